The number of hydrogen-bond donors (Lipinski definition) is 1. The first-order chi connectivity index (χ1) is 21.3. The Morgan fingerprint density at radius 1 is 1.04 bits per heavy atom. The highest BCUT2D eigenvalue weighted by molar-refractivity contribution is 7.89. The number of anilines is 1. The molecule has 0 saturated carbocycles. The second kappa shape index (κ2) is 13.8. The Labute approximate surface area is 257 Å². The molecule has 1 N–H and O–H groups in total. The van der Waals surface area contributed by atoms with Gasteiger partial charge in [0.1, 0.15) is 23.4 Å². The average molecular weight is 646 g/mol. The predicted octanol–water partition coefficient (Wildman–Crippen LogP) is 2.10. The molecule has 1 heterocycles. The lowest BCUT2D eigenvalue weighted by atomic mass is 10.0. The molecule has 1 aliphatic heterocycles. The SMILES string of the molecule is COc1ccc(N(C)C(=O)[C@H](Cc2cc(F)cc(F)c2)NC(=O)CN2CCN(S(=O)(=O)c3ccc([N+](=O)[O-])cc3)CC2=O)cc1. The number of halogens is 2. The second-order valence-corrected chi connectivity index (χ2v) is 12.0. The van der Waals surface area contributed by atoms with Crippen LogP contribution >= 0.6 is 0 Å². The van der Waals surface area contributed by atoms with Crippen LogP contribution in [-0.4, -0.2) is 86.6 Å². The molecule has 1 atom stereocenters. The monoisotopic (exact) mass is 645 g/mol. The van der Waals surface area contributed by atoms with Gasteiger partial charge in [0.25, 0.3) is 5.69 Å². The zero-order chi connectivity index (χ0) is 32.9. The molecule has 0 radical (unpaired) electrons. The summed E-state index contributed by atoms with van der Waals surface area (Å²) < 4.78 is 59.9. The zero-order valence-electron chi connectivity index (χ0n) is 24.2. The van der Waals surface area contributed by atoms with E-state index < -0.39 is 63.4 Å². The minimum Gasteiger partial charge on any atom is -0.497 e. The van der Waals surface area contributed by atoms with E-state index in [1.165, 1.54) is 19.1 Å². The Kier molecular flexibility index (Phi) is 10.1. The molecule has 1 aliphatic rings. The van der Waals surface area contributed by atoms with Gasteiger partial charge in [-0.1, -0.05) is 0 Å². The van der Waals surface area contributed by atoms with E-state index >= 15 is 0 Å². The van der Waals surface area contributed by atoms with E-state index in [1.54, 1.807) is 24.3 Å². The number of nitro groups is 1. The molecule has 238 valence electrons. The van der Waals surface area contributed by atoms with Gasteiger partial charge in [-0.3, -0.25) is 24.5 Å². The van der Waals surface area contributed by atoms with E-state index in [-0.39, 0.29) is 35.7 Å². The highest BCUT2D eigenvalue weighted by Gasteiger charge is 2.34. The van der Waals surface area contributed by atoms with E-state index in [2.05, 4.69) is 5.32 Å². The maximum atomic E-state index is 13.9. The van der Waals surface area contributed by atoms with Gasteiger partial charge in [-0.05, 0) is 54.1 Å². The van der Waals surface area contributed by atoms with E-state index in [1.807, 2.05) is 0 Å². The predicted molar refractivity (Wildman–Crippen MR) is 157 cm³/mol. The lowest BCUT2D eigenvalue weighted by Gasteiger charge is -2.33. The minimum absolute atomic E-state index is 0.107. The molecule has 0 aromatic heterocycles. The molecule has 1 saturated heterocycles. The number of likely N-dealkylation sites (N-methyl/N-ethyl adjacent to an activating group) is 1. The highest BCUT2D eigenvalue weighted by Crippen LogP contribution is 2.22. The summed E-state index contributed by atoms with van der Waals surface area (Å²) in [6.45, 7) is -1.42. The smallest absolute Gasteiger partial charge is 0.269 e. The van der Waals surface area contributed by atoms with Crippen molar-refractivity contribution in [2.75, 3.05) is 45.2 Å². The van der Waals surface area contributed by atoms with Crippen LogP contribution in [0.3, 0.4) is 0 Å². The van der Waals surface area contributed by atoms with Gasteiger partial charge in [0, 0.05) is 50.4 Å². The van der Waals surface area contributed by atoms with E-state index in [4.69, 9.17) is 4.74 Å². The van der Waals surface area contributed by atoms with Crippen molar-refractivity contribution in [3.8, 4) is 5.75 Å². The molecule has 16 heteroatoms. The first kappa shape index (κ1) is 32.9. The number of amides is 3. The van der Waals surface area contributed by atoms with Crippen molar-refractivity contribution in [1.29, 1.82) is 0 Å². The summed E-state index contributed by atoms with van der Waals surface area (Å²) in [4.78, 5) is 51.8. The van der Waals surface area contributed by atoms with Crippen molar-refractivity contribution in [2.24, 2.45) is 0 Å². The standard InChI is InChI=1S/C29H29F2N5O8S/c1-33(22-3-7-24(44-2)8-4-22)29(39)26(15-19-13-20(30)16-21(31)14-19)32-27(37)17-34-11-12-35(18-28(34)38)45(42,43)25-9-5-23(6-10-25)36(40)41/h3-10,13-14,16,26H,11-12,15,17-18H2,1-2H3,(H,32,37)/t26-/m0/s1. The van der Waals surface area contributed by atoms with Gasteiger partial charge in [-0.25, -0.2) is 17.2 Å². The Morgan fingerprint density at radius 3 is 2.22 bits per heavy atom. The van der Waals surface area contributed by atoms with Gasteiger partial charge < -0.3 is 19.9 Å². The molecule has 3 aromatic carbocycles. The van der Waals surface area contributed by atoms with Crippen LogP contribution in [0.25, 0.3) is 0 Å². The average Bonchev–Trinajstić information content (AvgIpc) is 3.00. The minimum atomic E-state index is -4.16. The second-order valence-electron chi connectivity index (χ2n) is 10.1. The Hall–Kier alpha value is -4.96. The number of nitro benzene ring substituents is 1. The van der Waals surface area contributed by atoms with Crippen LogP contribution in [0.4, 0.5) is 20.2 Å². The number of hydrogen-bond acceptors (Lipinski definition) is 8. The molecular weight excluding hydrogens is 616 g/mol. The summed E-state index contributed by atoms with van der Waals surface area (Å²) in [5.41, 5.74) is 0.261. The molecule has 0 unspecified atom stereocenters. The van der Waals surface area contributed by atoms with Crippen LogP contribution in [0.1, 0.15) is 5.56 Å². The number of piperazine rings is 1. The molecule has 0 aliphatic carbocycles. The lowest BCUT2D eigenvalue weighted by molar-refractivity contribution is -0.384. The van der Waals surface area contributed by atoms with Crippen LogP contribution in [-0.2, 0) is 30.8 Å². The summed E-state index contributed by atoms with van der Waals surface area (Å²) in [6, 6.07) is 12.2. The van der Waals surface area contributed by atoms with Crippen LogP contribution in [0.2, 0.25) is 0 Å². The lowest BCUT2D eigenvalue weighted by Crippen LogP contribution is -2.56. The Balaban J connectivity index is 1.45. The molecule has 45 heavy (non-hydrogen) atoms. The third kappa shape index (κ3) is 7.96. The number of nitrogens with zero attached hydrogens (tertiary/aromatic N) is 4. The fourth-order valence-corrected chi connectivity index (χ4v) is 6.07. The molecule has 4 rings (SSSR count). The van der Waals surface area contributed by atoms with Crippen molar-refractivity contribution in [3.63, 3.8) is 0 Å². The first-order valence-corrected chi connectivity index (χ1v) is 14.9. The maximum absolute atomic E-state index is 13.9. The van der Waals surface area contributed by atoms with Crippen LogP contribution < -0.4 is 15.0 Å². The number of rotatable bonds is 11. The fourth-order valence-electron chi connectivity index (χ4n) is 4.69. The number of carbonyl (C=O) groups excluding carboxylic acids is 3. The van der Waals surface area contributed by atoms with Crippen molar-refractivity contribution < 1.29 is 41.2 Å². The topological polar surface area (TPSA) is 159 Å². The number of carbonyl (C=O) groups is 3. The highest BCUT2D eigenvalue weighted by atomic mass is 32.2. The third-order valence-corrected chi connectivity index (χ3v) is 8.95. The summed E-state index contributed by atoms with van der Waals surface area (Å²) in [5.74, 6) is -3.23. The Bertz CT molecular complexity index is 1680. The van der Waals surface area contributed by atoms with E-state index in [0.717, 1.165) is 45.6 Å². The molecule has 3 amide bonds. The molecule has 0 bridgehead atoms. The van der Waals surface area contributed by atoms with E-state index in [9.17, 15) is 41.7 Å². The van der Waals surface area contributed by atoms with Crippen molar-refractivity contribution >= 4 is 39.1 Å². The number of benzene rings is 3. The third-order valence-electron chi connectivity index (χ3n) is 7.09. The van der Waals surface area contributed by atoms with Crippen LogP contribution in [0.15, 0.2) is 71.6 Å². The summed E-state index contributed by atoms with van der Waals surface area (Å²) in [7, 11) is -1.21. The number of non-ortho nitro benzene ring substituents is 1. The number of methoxy groups -OCH3 is 1. The van der Waals surface area contributed by atoms with Gasteiger partial charge in [0.05, 0.1) is 30.0 Å². The van der Waals surface area contributed by atoms with Gasteiger partial charge in [0.2, 0.25) is 27.7 Å². The number of ether oxygens (including phenoxy) is 1. The largest absolute Gasteiger partial charge is 0.497 e. The van der Waals surface area contributed by atoms with Crippen molar-refractivity contribution in [1.82, 2.24) is 14.5 Å². The summed E-state index contributed by atoms with van der Waals surface area (Å²) >= 11 is 0. The van der Waals surface area contributed by atoms with Gasteiger partial charge in [-0.2, -0.15) is 4.31 Å². The molecular formula is C29H29F2N5O8S. The normalized spacial score (nSPS) is 14.5. The van der Waals surface area contributed by atoms with Gasteiger partial charge >= 0.3 is 0 Å². The van der Waals surface area contributed by atoms with Gasteiger partial charge in [0.15, 0.2) is 0 Å². The summed E-state index contributed by atoms with van der Waals surface area (Å²) in [5, 5.41) is 13.4. The fraction of sp³-hybridized carbons (Fsp3) is 0.276. The van der Waals surface area contributed by atoms with Crippen LogP contribution in [0, 0.1) is 21.7 Å². The van der Waals surface area contributed by atoms with Crippen molar-refractivity contribution in [3.05, 3.63) is 94.0 Å². The molecule has 0 spiro atoms. The van der Waals surface area contributed by atoms with E-state index in [0.29, 0.717) is 17.5 Å². The first-order valence-electron chi connectivity index (χ1n) is 13.5. The number of nitrogens with one attached hydrogen (secondary N) is 1. The Morgan fingerprint density at radius 2 is 1.67 bits per heavy atom. The maximum Gasteiger partial charge on any atom is 0.269 e. The zero-order valence-corrected chi connectivity index (χ0v) is 25.0. The quantitative estimate of drug-likeness (QED) is 0.245. The number of sulfonamides is 1. The van der Waals surface area contributed by atoms with Gasteiger partial charge in [-0.15, -0.1) is 0 Å². The summed E-state index contributed by atoms with van der Waals surface area (Å²) in [6.07, 6.45) is -0.269. The van der Waals surface area contributed by atoms with Crippen LogP contribution in [0.5, 0.6) is 5.75 Å². The molecule has 1 fully saturated rings. The molecule has 3 aromatic rings. The van der Waals surface area contributed by atoms with Crippen molar-refractivity contribution in [2.45, 2.75) is 17.4 Å². The molecule has 13 nitrogen and oxygen atoms in total.